The molecule has 0 amide bonds. The Morgan fingerprint density at radius 2 is 1.88 bits per heavy atom. The van der Waals surface area contributed by atoms with Gasteiger partial charge in [0.2, 0.25) is 0 Å². The van der Waals surface area contributed by atoms with Crippen LogP contribution in [-0.2, 0) is 4.74 Å². The number of ether oxygens (including phenoxy) is 1. The Morgan fingerprint density at radius 1 is 1.15 bits per heavy atom. The number of aromatic amines is 1. The molecule has 1 saturated heterocycles. The molecule has 5 nitrogen and oxygen atoms in total. The van der Waals surface area contributed by atoms with Crippen LogP contribution in [0.4, 0.5) is 10.2 Å². The van der Waals surface area contributed by atoms with Crippen molar-refractivity contribution in [3.63, 3.8) is 0 Å². The molecule has 0 spiro atoms. The number of anilines is 1. The predicted molar refractivity (Wildman–Crippen MR) is 99.2 cm³/mol. The number of hydrogen-bond acceptors (Lipinski definition) is 4. The molecule has 0 bridgehead atoms. The van der Waals surface area contributed by atoms with Gasteiger partial charge in [-0.05, 0) is 55.7 Å². The predicted octanol–water partition coefficient (Wildman–Crippen LogP) is 4.06. The van der Waals surface area contributed by atoms with Gasteiger partial charge in [-0.25, -0.2) is 14.4 Å². The van der Waals surface area contributed by atoms with Gasteiger partial charge in [0.15, 0.2) is 0 Å². The molecule has 0 unspecified atom stereocenters. The van der Waals surface area contributed by atoms with Crippen molar-refractivity contribution >= 4 is 5.82 Å². The summed E-state index contributed by atoms with van der Waals surface area (Å²) in [6.07, 6.45) is 3.65. The fourth-order valence-corrected chi connectivity index (χ4v) is 3.35. The molecule has 3 N–H and O–H groups in total. The molecule has 6 heteroatoms. The normalized spacial score (nSPS) is 15.3. The molecule has 3 heterocycles. The molecule has 1 fully saturated rings. The Bertz CT molecular complexity index is 914. The third-order valence-electron chi connectivity index (χ3n) is 4.87. The molecule has 1 aromatic carbocycles. The third-order valence-corrected chi connectivity index (χ3v) is 4.87. The smallest absolute Gasteiger partial charge is 0.138 e. The molecule has 3 aromatic rings. The summed E-state index contributed by atoms with van der Waals surface area (Å²) in [4.78, 5) is 12.6. The van der Waals surface area contributed by atoms with Crippen LogP contribution in [0.2, 0.25) is 0 Å². The number of imidazole rings is 1. The third kappa shape index (κ3) is 3.20. The Hall–Kier alpha value is -2.73. The van der Waals surface area contributed by atoms with Crippen LogP contribution in [0, 0.1) is 12.7 Å². The van der Waals surface area contributed by atoms with Crippen molar-refractivity contribution in [3.05, 3.63) is 53.6 Å². The van der Waals surface area contributed by atoms with Crippen molar-refractivity contribution < 1.29 is 9.13 Å². The van der Waals surface area contributed by atoms with Gasteiger partial charge in [0.1, 0.15) is 17.5 Å². The van der Waals surface area contributed by atoms with E-state index >= 15 is 0 Å². The van der Waals surface area contributed by atoms with E-state index in [1.807, 2.05) is 13.0 Å². The molecule has 0 radical (unpaired) electrons. The van der Waals surface area contributed by atoms with E-state index in [2.05, 4.69) is 9.97 Å². The number of rotatable bonds is 3. The summed E-state index contributed by atoms with van der Waals surface area (Å²) >= 11 is 0. The maximum Gasteiger partial charge on any atom is 0.138 e. The first-order valence-electron chi connectivity index (χ1n) is 8.78. The topological polar surface area (TPSA) is 76.8 Å². The highest BCUT2D eigenvalue weighted by Crippen LogP contribution is 2.35. The maximum atomic E-state index is 13.3. The van der Waals surface area contributed by atoms with Crippen LogP contribution >= 0.6 is 0 Å². The first kappa shape index (κ1) is 16.7. The average Bonchev–Trinajstić information content (AvgIpc) is 3.11. The summed E-state index contributed by atoms with van der Waals surface area (Å²) < 4.78 is 18.8. The maximum absolute atomic E-state index is 13.3. The van der Waals surface area contributed by atoms with Gasteiger partial charge in [0, 0.05) is 42.1 Å². The van der Waals surface area contributed by atoms with Gasteiger partial charge in [-0.3, -0.25) is 0 Å². The number of pyridine rings is 1. The summed E-state index contributed by atoms with van der Waals surface area (Å²) in [5.74, 6) is 1.34. The second-order valence-electron chi connectivity index (χ2n) is 6.67. The second kappa shape index (κ2) is 6.88. The quantitative estimate of drug-likeness (QED) is 0.745. The Kier molecular flexibility index (Phi) is 4.42. The number of nitrogens with two attached hydrogens (primary N) is 1. The summed E-state index contributed by atoms with van der Waals surface area (Å²) in [5, 5.41) is 0. The van der Waals surface area contributed by atoms with Crippen LogP contribution in [0.15, 0.2) is 36.5 Å². The van der Waals surface area contributed by atoms with Gasteiger partial charge in [0.25, 0.3) is 0 Å². The molecule has 26 heavy (non-hydrogen) atoms. The van der Waals surface area contributed by atoms with Crippen LogP contribution in [0.25, 0.3) is 22.6 Å². The van der Waals surface area contributed by atoms with E-state index in [4.69, 9.17) is 15.5 Å². The van der Waals surface area contributed by atoms with Crippen molar-refractivity contribution in [2.75, 3.05) is 18.9 Å². The molecular formula is C20H21FN4O. The Balaban J connectivity index is 1.81. The van der Waals surface area contributed by atoms with Crippen LogP contribution in [0.1, 0.15) is 30.0 Å². The number of nitrogens with zero attached hydrogens (tertiary/aromatic N) is 2. The molecule has 4 rings (SSSR count). The molecule has 0 atom stereocenters. The standard InChI is InChI=1S/C20H21FN4O/c1-12-10-15(11-23-19(12)22)18-17(13-6-8-26-9-7-13)24-20(25-18)14-2-4-16(21)5-3-14/h2-5,10-11,13H,6-9H2,1H3,(H2,22,23)(H,24,25). The average molecular weight is 352 g/mol. The molecule has 2 aromatic heterocycles. The summed E-state index contributed by atoms with van der Waals surface area (Å²) in [6.45, 7) is 3.43. The highest BCUT2D eigenvalue weighted by Gasteiger charge is 2.24. The largest absolute Gasteiger partial charge is 0.383 e. The Labute approximate surface area is 151 Å². The lowest BCUT2D eigenvalue weighted by atomic mass is 9.93. The minimum atomic E-state index is -0.261. The Morgan fingerprint density at radius 3 is 2.58 bits per heavy atom. The molecular weight excluding hydrogens is 331 g/mol. The monoisotopic (exact) mass is 352 g/mol. The zero-order chi connectivity index (χ0) is 18.1. The van der Waals surface area contributed by atoms with Gasteiger partial charge in [-0.15, -0.1) is 0 Å². The number of halogens is 1. The molecule has 1 aliphatic rings. The van der Waals surface area contributed by atoms with E-state index in [1.54, 1.807) is 18.3 Å². The van der Waals surface area contributed by atoms with Gasteiger partial charge in [0.05, 0.1) is 5.69 Å². The summed E-state index contributed by atoms with van der Waals surface area (Å²) in [5.41, 5.74) is 10.5. The van der Waals surface area contributed by atoms with E-state index in [-0.39, 0.29) is 5.82 Å². The number of benzene rings is 1. The number of aromatic nitrogens is 3. The summed E-state index contributed by atoms with van der Waals surface area (Å²) in [6, 6.07) is 8.37. The zero-order valence-electron chi connectivity index (χ0n) is 14.6. The molecule has 134 valence electrons. The number of hydrogen-bond donors (Lipinski definition) is 2. The van der Waals surface area contributed by atoms with Crippen LogP contribution in [-0.4, -0.2) is 28.2 Å². The van der Waals surface area contributed by atoms with Crippen molar-refractivity contribution in [3.8, 4) is 22.6 Å². The van der Waals surface area contributed by atoms with Crippen LogP contribution < -0.4 is 5.73 Å². The lowest BCUT2D eigenvalue weighted by molar-refractivity contribution is 0.0847. The SMILES string of the molecule is Cc1cc(-c2nc(-c3ccc(F)cc3)[nH]c2C2CCOCC2)cnc1N. The van der Waals surface area contributed by atoms with E-state index in [0.717, 1.165) is 60.0 Å². The highest BCUT2D eigenvalue weighted by atomic mass is 19.1. The second-order valence-corrected chi connectivity index (χ2v) is 6.67. The van der Waals surface area contributed by atoms with Gasteiger partial charge in [-0.1, -0.05) is 0 Å². The molecule has 1 aliphatic heterocycles. The van der Waals surface area contributed by atoms with Crippen molar-refractivity contribution in [2.45, 2.75) is 25.7 Å². The van der Waals surface area contributed by atoms with Gasteiger partial charge >= 0.3 is 0 Å². The zero-order valence-corrected chi connectivity index (χ0v) is 14.6. The van der Waals surface area contributed by atoms with E-state index in [9.17, 15) is 4.39 Å². The van der Waals surface area contributed by atoms with Gasteiger partial charge in [-0.2, -0.15) is 0 Å². The van der Waals surface area contributed by atoms with Crippen LogP contribution in [0.3, 0.4) is 0 Å². The van der Waals surface area contributed by atoms with Crippen molar-refractivity contribution in [1.82, 2.24) is 15.0 Å². The molecule has 0 aliphatic carbocycles. The first-order chi connectivity index (χ1) is 12.6. The van der Waals surface area contributed by atoms with Crippen molar-refractivity contribution in [2.24, 2.45) is 0 Å². The minimum absolute atomic E-state index is 0.261. The van der Waals surface area contributed by atoms with E-state index in [1.165, 1.54) is 12.1 Å². The number of H-pyrrole nitrogens is 1. The minimum Gasteiger partial charge on any atom is -0.383 e. The highest BCUT2D eigenvalue weighted by molar-refractivity contribution is 5.69. The fraction of sp³-hybridized carbons (Fsp3) is 0.300. The molecule has 0 saturated carbocycles. The lowest BCUT2D eigenvalue weighted by Crippen LogP contribution is -2.15. The fourth-order valence-electron chi connectivity index (χ4n) is 3.35. The number of nitrogen functional groups attached to an aromatic ring is 1. The lowest BCUT2D eigenvalue weighted by Gasteiger charge is -2.22. The van der Waals surface area contributed by atoms with E-state index < -0.39 is 0 Å². The number of aryl methyl sites for hydroxylation is 1. The first-order valence-corrected chi connectivity index (χ1v) is 8.78. The van der Waals surface area contributed by atoms with Crippen LogP contribution in [0.5, 0.6) is 0 Å². The summed E-state index contributed by atoms with van der Waals surface area (Å²) in [7, 11) is 0. The van der Waals surface area contributed by atoms with Crippen molar-refractivity contribution in [1.29, 1.82) is 0 Å². The number of nitrogens with one attached hydrogen (secondary N) is 1. The van der Waals surface area contributed by atoms with Gasteiger partial charge < -0.3 is 15.5 Å². The van der Waals surface area contributed by atoms with E-state index in [0.29, 0.717) is 11.7 Å².